The first-order valence-corrected chi connectivity index (χ1v) is 12.2. The molecule has 1 aliphatic heterocycles. The molecule has 2 aromatic carbocycles. The van der Waals surface area contributed by atoms with Gasteiger partial charge in [0, 0.05) is 37.2 Å². The van der Waals surface area contributed by atoms with E-state index in [0.29, 0.717) is 18.5 Å². The van der Waals surface area contributed by atoms with Crippen molar-refractivity contribution in [1.29, 1.82) is 0 Å². The van der Waals surface area contributed by atoms with Crippen LogP contribution < -0.4 is 10.6 Å². The molecule has 1 unspecified atom stereocenters. The SMILES string of the molecule is O=C(NC(Cc1ccccc1)C(=O)NCC1(N2CCOCC2)CCCCC1)c1ccccc1. The van der Waals surface area contributed by atoms with Gasteiger partial charge in [-0.05, 0) is 30.5 Å². The molecule has 6 nitrogen and oxygen atoms in total. The fraction of sp³-hybridized carbons (Fsp3) is 0.481. The van der Waals surface area contributed by atoms with Crippen LogP contribution in [0.1, 0.15) is 48.0 Å². The Morgan fingerprint density at radius 1 is 0.909 bits per heavy atom. The zero-order valence-electron chi connectivity index (χ0n) is 19.3. The lowest BCUT2D eigenvalue weighted by Gasteiger charge is -2.48. The Balaban J connectivity index is 1.46. The van der Waals surface area contributed by atoms with Crippen LogP contribution in [0, 0.1) is 0 Å². The summed E-state index contributed by atoms with van der Waals surface area (Å²) in [6, 6.07) is 18.3. The first-order chi connectivity index (χ1) is 16.2. The van der Waals surface area contributed by atoms with E-state index in [9.17, 15) is 9.59 Å². The van der Waals surface area contributed by atoms with E-state index in [1.165, 1.54) is 19.3 Å². The number of morpholine rings is 1. The molecule has 2 aromatic rings. The van der Waals surface area contributed by atoms with Crippen LogP contribution >= 0.6 is 0 Å². The third-order valence-corrected chi connectivity index (χ3v) is 7.00. The Morgan fingerprint density at radius 2 is 1.55 bits per heavy atom. The maximum Gasteiger partial charge on any atom is 0.251 e. The molecule has 4 rings (SSSR count). The molecule has 0 radical (unpaired) electrons. The fourth-order valence-corrected chi connectivity index (χ4v) is 5.12. The van der Waals surface area contributed by atoms with E-state index >= 15 is 0 Å². The molecular formula is C27H35N3O3. The third-order valence-electron chi connectivity index (χ3n) is 7.00. The van der Waals surface area contributed by atoms with Crippen LogP contribution in [-0.2, 0) is 16.0 Å². The van der Waals surface area contributed by atoms with E-state index in [1.54, 1.807) is 12.1 Å². The van der Waals surface area contributed by atoms with Crippen LogP contribution in [0.25, 0.3) is 0 Å². The number of nitrogens with one attached hydrogen (secondary N) is 2. The molecule has 1 atom stereocenters. The second-order valence-corrected chi connectivity index (χ2v) is 9.18. The van der Waals surface area contributed by atoms with Crippen molar-refractivity contribution in [1.82, 2.24) is 15.5 Å². The van der Waals surface area contributed by atoms with Crippen molar-refractivity contribution in [3.63, 3.8) is 0 Å². The van der Waals surface area contributed by atoms with Crippen molar-refractivity contribution in [2.45, 2.75) is 50.1 Å². The maximum absolute atomic E-state index is 13.4. The average Bonchev–Trinajstić information content (AvgIpc) is 2.89. The first-order valence-electron chi connectivity index (χ1n) is 12.2. The molecule has 2 aliphatic rings. The first kappa shape index (κ1) is 23.5. The van der Waals surface area contributed by atoms with Gasteiger partial charge < -0.3 is 15.4 Å². The van der Waals surface area contributed by atoms with E-state index in [2.05, 4.69) is 15.5 Å². The highest BCUT2D eigenvalue weighted by molar-refractivity contribution is 5.97. The van der Waals surface area contributed by atoms with Gasteiger partial charge in [0.2, 0.25) is 5.91 Å². The molecule has 2 amide bonds. The highest BCUT2D eigenvalue weighted by Gasteiger charge is 2.39. The number of rotatable bonds is 8. The maximum atomic E-state index is 13.4. The molecule has 0 bridgehead atoms. The van der Waals surface area contributed by atoms with Crippen molar-refractivity contribution in [3.8, 4) is 0 Å². The van der Waals surface area contributed by atoms with E-state index in [1.807, 2.05) is 48.5 Å². The van der Waals surface area contributed by atoms with Gasteiger partial charge in [0.05, 0.1) is 13.2 Å². The number of carbonyl (C=O) groups is 2. The van der Waals surface area contributed by atoms with E-state index in [0.717, 1.165) is 44.7 Å². The average molecular weight is 450 g/mol. The van der Waals surface area contributed by atoms with E-state index in [4.69, 9.17) is 4.74 Å². The van der Waals surface area contributed by atoms with Gasteiger partial charge in [0.1, 0.15) is 6.04 Å². The summed E-state index contributed by atoms with van der Waals surface area (Å²) in [7, 11) is 0. The third kappa shape index (κ3) is 6.21. The lowest BCUT2D eigenvalue weighted by atomic mass is 9.79. The predicted molar refractivity (Wildman–Crippen MR) is 129 cm³/mol. The summed E-state index contributed by atoms with van der Waals surface area (Å²) in [5.74, 6) is -0.353. The molecule has 2 fully saturated rings. The molecule has 0 aromatic heterocycles. The summed E-state index contributed by atoms with van der Waals surface area (Å²) in [5, 5.41) is 6.21. The summed E-state index contributed by atoms with van der Waals surface area (Å²) >= 11 is 0. The lowest BCUT2D eigenvalue weighted by Crippen LogP contribution is -2.61. The second-order valence-electron chi connectivity index (χ2n) is 9.18. The number of benzene rings is 2. The lowest BCUT2D eigenvalue weighted by molar-refractivity contribution is -0.124. The van der Waals surface area contributed by atoms with Crippen molar-refractivity contribution in [2.24, 2.45) is 0 Å². The van der Waals surface area contributed by atoms with Crippen LogP contribution in [0.15, 0.2) is 60.7 Å². The fourth-order valence-electron chi connectivity index (χ4n) is 5.12. The van der Waals surface area contributed by atoms with Gasteiger partial charge in [-0.2, -0.15) is 0 Å². The largest absolute Gasteiger partial charge is 0.379 e. The minimum atomic E-state index is -0.634. The number of hydrogen-bond donors (Lipinski definition) is 2. The van der Waals surface area contributed by atoms with Gasteiger partial charge >= 0.3 is 0 Å². The van der Waals surface area contributed by atoms with E-state index in [-0.39, 0.29) is 17.4 Å². The van der Waals surface area contributed by atoms with Gasteiger partial charge in [-0.25, -0.2) is 0 Å². The minimum absolute atomic E-state index is 0.0155. The van der Waals surface area contributed by atoms with Crippen molar-refractivity contribution >= 4 is 11.8 Å². The Hall–Kier alpha value is -2.70. The molecule has 176 valence electrons. The molecule has 1 saturated heterocycles. The summed E-state index contributed by atoms with van der Waals surface area (Å²) in [6.07, 6.45) is 6.26. The number of amides is 2. The molecule has 1 aliphatic carbocycles. The van der Waals surface area contributed by atoms with Crippen LogP contribution in [0.3, 0.4) is 0 Å². The standard InChI is InChI=1S/C27H35N3O3/c31-25(23-12-6-2-7-13-23)29-24(20-22-10-4-1-5-11-22)26(32)28-21-27(14-8-3-9-15-27)30-16-18-33-19-17-30/h1-2,4-7,10-13,24H,3,8-9,14-21H2,(H,28,32)(H,29,31). The predicted octanol–water partition coefficient (Wildman–Crippen LogP) is 3.18. The monoisotopic (exact) mass is 449 g/mol. The summed E-state index contributed by atoms with van der Waals surface area (Å²) < 4.78 is 5.58. The highest BCUT2D eigenvalue weighted by atomic mass is 16.5. The van der Waals surface area contributed by atoms with E-state index < -0.39 is 6.04 Å². The molecule has 1 saturated carbocycles. The Morgan fingerprint density at radius 3 is 2.21 bits per heavy atom. The zero-order valence-corrected chi connectivity index (χ0v) is 19.3. The van der Waals surface area contributed by atoms with Crippen molar-refractivity contribution < 1.29 is 14.3 Å². The summed E-state index contributed by atoms with van der Waals surface area (Å²) in [5.41, 5.74) is 1.56. The van der Waals surface area contributed by atoms with Gasteiger partial charge in [0.25, 0.3) is 5.91 Å². The van der Waals surface area contributed by atoms with Crippen LogP contribution in [0.4, 0.5) is 0 Å². The van der Waals surface area contributed by atoms with Gasteiger partial charge in [-0.3, -0.25) is 14.5 Å². The minimum Gasteiger partial charge on any atom is -0.379 e. The molecule has 0 spiro atoms. The number of hydrogen-bond acceptors (Lipinski definition) is 4. The zero-order chi connectivity index (χ0) is 22.9. The Labute approximate surface area is 196 Å². The smallest absolute Gasteiger partial charge is 0.251 e. The number of carbonyl (C=O) groups excluding carboxylic acids is 2. The molecule has 33 heavy (non-hydrogen) atoms. The Bertz CT molecular complexity index is 891. The molecular weight excluding hydrogens is 414 g/mol. The Kier molecular flexibility index (Phi) is 8.13. The number of nitrogens with zero attached hydrogens (tertiary/aromatic N) is 1. The van der Waals surface area contributed by atoms with Gasteiger partial charge in [-0.1, -0.05) is 67.8 Å². The van der Waals surface area contributed by atoms with Crippen molar-refractivity contribution in [3.05, 3.63) is 71.8 Å². The molecule has 2 N–H and O–H groups in total. The molecule has 1 heterocycles. The number of ether oxygens (including phenoxy) is 1. The van der Waals surface area contributed by atoms with Gasteiger partial charge in [0.15, 0.2) is 0 Å². The van der Waals surface area contributed by atoms with Crippen LogP contribution in [0.5, 0.6) is 0 Å². The van der Waals surface area contributed by atoms with Gasteiger partial charge in [-0.15, -0.1) is 0 Å². The molecule has 6 heteroatoms. The van der Waals surface area contributed by atoms with Crippen LogP contribution in [0.2, 0.25) is 0 Å². The second kappa shape index (κ2) is 11.4. The highest BCUT2D eigenvalue weighted by Crippen LogP contribution is 2.33. The van der Waals surface area contributed by atoms with Crippen molar-refractivity contribution in [2.75, 3.05) is 32.8 Å². The normalized spacial score (nSPS) is 19.4. The summed E-state index contributed by atoms with van der Waals surface area (Å²) in [6.45, 7) is 3.93. The quantitative estimate of drug-likeness (QED) is 0.649. The topological polar surface area (TPSA) is 70.7 Å². The summed E-state index contributed by atoms with van der Waals surface area (Å²) in [4.78, 5) is 28.8. The van der Waals surface area contributed by atoms with Crippen LogP contribution in [-0.4, -0.2) is 61.1 Å².